The highest BCUT2D eigenvalue weighted by atomic mass is 79.9. The first-order chi connectivity index (χ1) is 8.08. The lowest BCUT2D eigenvalue weighted by Crippen LogP contribution is -2.15. The van der Waals surface area contributed by atoms with Crippen LogP contribution in [0, 0.1) is 5.92 Å². The number of halogens is 1. The normalized spacial score (nSPS) is 14.4. The zero-order valence-corrected chi connectivity index (χ0v) is 10.6. The molecule has 0 amide bonds. The predicted octanol–water partition coefficient (Wildman–Crippen LogP) is 2.51. The molecule has 2 rings (SSSR count). The number of Topliss-reactive ketones (excluding diaryl/α,β-unsaturated/α-hetero) is 1. The molecule has 0 aromatic heterocycles. The largest absolute Gasteiger partial charge is 0.493 e. The molecule has 0 heterocycles. The minimum absolute atomic E-state index is 0.0903. The standard InChI is InChI=1S/C12H11BrO4/c13-8-3-4-10(17-6-7-1-2-7)9(5-8)11(14)12(15)16/h3-5,7H,1-2,6H2,(H,15,16). The molecule has 4 nitrogen and oxygen atoms in total. The number of hydrogen-bond donors (Lipinski definition) is 1. The van der Waals surface area contributed by atoms with Gasteiger partial charge in [-0.1, -0.05) is 15.9 Å². The van der Waals surface area contributed by atoms with E-state index >= 15 is 0 Å². The van der Waals surface area contributed by atoms with Gasteiger partial charge in [-0.15, -0.1) is 0 Å². The fraction of sp³-hybridized carbons (Fsp3) is 0.333. The zero-order chi connectivity index (χ0) is 12.4. The number of carbonyl (C=O) groups excluding carboxylic acids is 1. The van der Waals surface area contributed by atoms with Crippen molar-refractivity contribution in [3.63, 3.8) is 0 Å². The third-order valence-electron chi connectivity index (χ3n) is 2.55. The third kappa shape index (κ3) is 3.06. The minimum atomic E-state index is -1.47. The van der Waals surface area contributed by atoms with Gasteiger partial charge in [0.15, 0.2) is 0 Å². The smallest absolute Gasteiger partial charge is 0.377 e. The predicted molar refractivity (Wildman–Crippen MR) is 64.3 cm³/mol. The average Bonchev–Trinajstić information content (AvgIpc) is 3.10. The van der Waals surface area contributed by atoms with Crippen LogP contribution in [0.1, 0.15) is 23.2 Å². The van der Waals surface area contributed by atoms with Crippen molar-refractivity contribution in [2.24, 2.45) is 5.92 Å². The zero-order valence-electron chi connectivity index (χ0n) is 8.98. The van der Waals surface area contributed by atoms with Crippen LogP contribution in [0.5, 0.6) is 5.75 Å². The SMILES string of the molecule is O=C(O)C(=O)c1cc(Br)ccc1OCC1CC1. The highest BCUT2D eigenvalue weighted by Crippen LogP contribution is 2.31. The molecule has 0 bridgehead atoms. The van der Waals surface area contributed by atoms with E-state index in [1.165, 1.54) is 6.07 Å². The van der Waals surface area contributed by atoms with Gasteiger partial charge in [0.25, 0.3) is 5.78 Å². The van der Waals surface area contributed by atoms with Crippen molar-refractivity contribution in [3.8, 4) is 5.75 Å². The van der Waals surface area contributed by atoms with Crippen LogP contribution in [0.4, 0.5) is 0 Å². The number of aliphatic carboxylic acids is 1. The summed E-state index contributed by atoms with van der Waals surface area (Å²) in [6.45, 7) is 0.543. The molecule has 0 spiro atoms. The Kier molecular flexibility index (Phi) is 3.47. The molecule has 0 saturated heterocycles. The van der Waals surface area contributed by atoms with E-state index in [9.17, 15) is 9.59 Å². The van der Waals surface area contributed by atoms with Crippen molar-refractivity contribution in [2.75, 3.05) is 6.61 Å². The maximum atomic E-state index is 11.5. The maximum Gasteiger partial charge on any atom is 0.377 e. The van der Waals surface area contributed by atoms with E-state index in [1.54, 1.807) is 12.1 Å². The molecule has 0 radical (unpaired) electrons. The van der Waals surface area contributed by atoms with E-state index in [0.717, 1.165) is 12.8 Å². The quantitative estimate of drug-likeness (QED) is 0.670. The summed E-state index contributed by atoms with van der Waals surface area (Å²) in [7, 11) is 0. The Morgan fingerprint density at radius 2 is 2.12 bits per heavy atom. The van der Waals surface area contributed by atoms with Gasteiger partial charge < -0.3 is 9.84 Å². The van der Waals surface area contributed by atoms with Crippen molar-refractivity contribution in [2.45, 2.75) is 12.8 Å². The molecule has 0 atom stereocenters. The number of ketones is 1. The van der Waals surface area contributed by atoms with Gasteiger partial charge in [-0.2, -0.15) is 0 Å². The second-order valence-electron chi connectivity index (χ2n) is 4.03. The molecule has 1 aliphatic rings. The van der Waals surface area contributed by atoms with E-state index in [1.807, 2.05) is 0 Å². The number of hydrogen-bond acceptors (Lipinski definition) is 3. The van der Waals surface area contributed by atoms with Crippen molar-refractivity contribution in [1.82, 2.24) is 0 Å². The lowest BCUT2D eigenvalue weighted by molar-refractivity contribution is -0.131. The lowest BCUT2D eigenvalue weighted by Gasteiger charge is -2.09. The molecule has 0 aliphatic heterocycles. The molecule has 1 N–H and O–H groups in total. The Bertz CT molecular complexity index is 466. The summed E-state index contributed by atoms with van der Waals surface area (Å²) in [6.07, 6.45) is 2.28. The summed E-state index contributed by atoms with van der Waals surface area (Å²) in [5, 5.41) is 8.72. The monoisotopic (exact) mass is 298 g/mol. The molecule has 1 aromatic rings. The lowest BCUT2D eigenvalue weighted by atomic mass is 10.1. The van der Waals surface area contributed by atoms with Gasteiger partial charge >= 0.3 is 5.97 Å². The molecule has 17 heavy (non-hydrogen) atoms. The number of benzene rings is 1. The molecular formula is C12H11BrO4. The van der Waals surface area contributed by atoms with E-state index < -0.39 is 11.8 Å². The second kappa shape index (κ2) is 4.87. The average molecular weight is 299 g/mol. The van der Waals surface area contributed by atoms with E-state index in [0.29, 0.717) is 22.7 Å². The number of carboxylic acids is 1. The van der Waals surface area contributed by atoms with Gasteiger partial charge in [-0.3, -0.25) is 4.79 Å². The van der Waals surface area contributed by atoms with Crippen LogP contribution in [-0.4, -0.2) is 23.5 Å². The number of carbonyl (C=O) groups is 2. The Hall–Kier alpha value is -1.36. The Morgan fingerprint density at radius 3 is 2.71 bits per heavy atom. The minimum Gasteiger partial charge on any atom is -0.493 e. The van der Waals surface area contributed by atoms with Crippen LogP contribution in [0.15, 0.2) is 22.7 Å². The molecular weight excluding hydrogens is 288 g/mol. The maximum absolute atomic E-state index is 11.5. The van der Waals surface area contributed by atoms with Gasteiger partial charge in [0.2, 0.25) is 0 Å². The van der Waals surface area contributed by atoms with Gasteiger partial charge in [-0.05, 0) is 37.0 Å². The molecule has 1 aromatic carbocycles. The van der Waals surface area contributed by atoms with Crippen molar-refractivity contribution in [3.05, 3.63) is 28.2 Å². The van der Waals surface area contributed by atoms with Gasteiger partial charge in [-0.25, -0.2) is 4.79 Å². The van der Waals surface area contributed by atoms with Gasteiger partial charge in [0.1, 0.15) is 5.75 Å². The molecule has 1 fully saturated rings. The number of carboxylic acid groups (broad SMARTS) is 1. The van der Waals surface area contributed by atoms with Crippen LogP contribution < -0.4 is 4.74 Å². The van der Waals surface area contributed by atoms with Crippen LogP contribution in [-0.2, 0) is 4.79 Å². The molecule has 0 unspecified atom stereocenters. The first-order valence-corrected chi connectivity index (χ1v) is 6.07. The summed E-state index contributed by atoms with van der Waals surface area (Å²) in [5.41, 5.74) is 0.0903. The highest BCUT2D eigenvalue weighted by molar-refractivity contribution is 9.10. The first kappa shape index (κ1) is 12.1. The van der Waals surface area contributed by atoms with Crippen LogP contribution in [0.2, 0.25) is 0 Å². The van der Waals surface area contributed by atoms with Crippen LogP contribution in [0.3, 0.4) is 0 Å². The molecule has 1 aliphatic carbocycles. The van der Waals surface area contributed by atoms with Crippen molar-refractivity contribution < 1.29 is 19.4 Å². The molecule has 1 saturated carbocycles. The fourth-order valence-electron chi connectivity index (χ4n) is 1.41. The summed E-state index contributed by atoms with van der Waals surface area (Å²) < 4.78 is 6.14. The Balaban J connectivity index is 2.22. The summed E-state index contributed by atoms with van der Waals surface area (Å²) >= 11 is 3.21. The third-order valence-corrected chi connectivity index (χ3v) is 3.05. The Labute approximate surface area is 107 Å². The molecule has 90 valence electrons. The summed E-state index contributed by atoms with van der Waals surface area (Å²) in [5.74, 6) is -1.53. The highest BCUT2D eigenvalue weighted by Gasteiger charge is 2.24. The molecule has 5 heteroatoms. The van der Waals surface area contributed by atoms with Crippen molar-refractivity contribution >= 4 is 27.7 Å². The number of ether oxygens (including phenoxy) is 1. The van der Waals surface area contributed by atoms with Crippen molar-refractivity contribution in [1.29, 1.82) is 0 Å². The number of rotatable bonds is 5. The second-order valence-corrected chi connectivity index (χ2v) is 4.94. The van der Waals surface area contributed by atoms with E-state index in [-0.39, 0.29) is 5.56 Å². The van der Waals surface area contributed by atoms with Gasteiger partial charge in [0.05, 0.1) is 12.2 Å². The van der Waals surface area contributed by atoms with Crippen LogP contribution >= 0.6 is 15.9 Å². The van der Waals surface area contributed by atoms with Gasteiger partial charge in [0, 0.05) is 4.47 Å². The fourth-order valence-corrected chi connectivity index (χ4v) is 1.77. The summed E-state index contributed by atoms with van der Waals surface area (Å²) in [6, 6.07) is 4.81. The topological polar surface area (TPSA) is 63.6 Å². The first-order valence-electron chi connectivity index (χ1n) is 5.28. The van der Waals surface area contributed by atoms with E-state index in [2.05, 4.69) is 15.9 Å². The Morgan fingerprint density at radius 1 is 1.41 bits per heavy atom. The van der Waals surface area contributed by atoms with Crippen LogP contribution in [0.25, 0.3) is 0 Å². The van der Waals surface area contributed by atoms with E-state index in [4.69, 9.17) is 9.84 Å². The summed E-state index contributed by atoms with van der Waals surface area (Å²) in [4.78, 5) is 22.2.